The quantitative estimate of drug-likeness (QED) is 0.802. The second-order valence-corrected chi connectivity index (χ2v) is 8.65. The summed E-state index contributed by atoms with van der Waals surface area (Å²) >= 11 is 1.50. The molecule has 2 fully saturated rings. The van der Waals surface area contributed by atoms with E-state index in [2.05, 4.69) is 10.6 Å². The van der Waals surface area contributed by atoms with Crippen LogP contribution in [0.15, 0.2) is 0 Å². The molecule has 140 valence electrons. The number of carbonyl (C=O) groups excluding carboxylic acids is 3. The molecule has 3 amide bonds. The van der Waals surface area contributed by atoms with Gasteiger partial charge in [-0.3, -0.25) is 14.4 Å². The third-order valence-corrected chi connectivity index (χ3v) is 6.57. The Morgan fingerprint density at radius 3 is 2.62 bits per heavy atom. The molecule has 1 aromatic heterocycles. The van der Waals surface area contributed by atoms with Gasteiger partial charge in [0.25, 0.3) is 5.91 Å². The Hall–Kier alpha value is -1.89. The first-order valence-corrected chi connectivity index (χ1v) is 10.4. The van der Waals surface area contributed by atoms with E-state index in [1.54, 1.807) is 0 Å². The lowest BCUT2D eigenvalue weighted by atomic mass is 10.0. The topological polar surface area (TPSA) is 78.5 Å². The molecule has 0 spiro atoms. The second-order valence-electron chi connectivity index (χ2n) is 7.54. The SMILES string of the molecule is CCC(=O)N1CCc2sc(NC(=O)C3CC3)c(C(=O)NCC3CC3)c2C1. The third kappa shape index (κ3) is 3.63. The van der Waals surface area contributed by atoms with Gasteiger partial charge in [0, 0.05) is 42.4 Å². The molecule has 7 heteroatoms. The number of fused-ring (bicyclic) bond motifs is 1. The number of carbonyl (C=O) groups is 3. The van der Waals surface area contributed by atoms with Gasteiger partial charge in [0.2, 0.25) is 11.8 Å². The zero-order chi connectivity index (χ0) is 18.3. The first-order valence-electron chi connectivity index (χ1n) is 9.58. The fraction of sp³-hybridized carbons (Fsp3) is 0.632. The van der Waals surface area contributed by atoms with Gasteiger partial charge < -0.3 is 15.5 Å². The van der Waals surface area contributed by atoms with Crippen LogP contribution in [0.5, 0.6) is 0 Å². The highest BCUT2D eigenvalue weighted by atomic mass is 32.1. The van der Waals surface area contributed by atoms with Crippen LogP contribution in [0.2, 0.25) is 0 Å². The normalized spacial score (nSPS) is 19.0. The molecule has 0 aromatic carbocycles. The van der Waals surface area contributed by atoms with Crippen molar-refractivity contribution >= 4 is 34.1 Å². The van der Waals surface area contributed by atoms with Crippen LogP contribution < -0.4 is 10.6 Å². The minimum Gasteiger partial charge on any atom is -0.352 e. The molecule has 2 N–H and O–H groups in total. The smallest absolute Gasteiger partial charge is 0.254 e. The molecular weight excluding hydrogens is 350 g/mol. The summed E-state index contributed by atoms with van der Waals surface area (Å²) in [5.74, 6) is 0.688. The molecule has 2 saturated carbocycles. The van der Waals surface area contributed by atoms with Gasteiger partial charge in [0.15, 0.2) is 0 Å². The molecule has 2 aliphatic carbocycles. The number of anilines is 1. The summed E-state index contributed by atoms with van der Waals surface area (Å²) in [4.78, 5) is 40.2. The molecule has 1 aliphatic heterocycles. The summed E-state index contributed by atoms with van der Waals surface area (Å²) in [7, 11) is 0. The maximum Gasteiger partial charge on any atom is 0.254 e. The average molecular weight is 375 g/mol. The standard InChI is InChI=1S/C19H25N3O3S/c1-2-15(23)22-8-7-14-13(10-22)16(18(25)20-9-11-3-4-11)19(26-14)21-17(24)12-5-6-12/h11-12H,2-10H2,1H3,(H,20,25)(H,21,24). The number of rotatable bonds is 6. The van der Waals surface area contributed by atoms with Gasteiger partial charge in [-0.2, -0.15) is 0 Å². The third-order valence-electron chi connectivity index (χ3n) is 5.36. The van der Waals surface area contributed by atoms with Gasteiger partial charge in [0.1, 0.15) is 5.00 Å². The van der Waals surface area contributed by atoms with E-state index in [-0.39, 0.29) is 23.6 Å². The Morgan fingerprint density at radius 2 is 1.96 bits per heavy atom. The van der Waals surface area contributed by atoms with Crippen molar-refractivity contribution in [3.63, 3.8) is 0 Å². The van der Waals surface area contributed by atoms with Gasteiger partial charge in [-0.05, 0) is 38.0 Å². The molecule has 26 heavy (non-hydrogen) atoms. The monoisotopic (exact) mass is 375 g/mol. The molecule has 4 rings (SSSR count). The van der Waals surface area contributed by atoms with Gasteiger partial charge in [0.05, 0.1) is 5.56 Å². The van der Waals surface area contributed by atoms with Crippen molar-refractivity contribution in [2.75, 3.05) is 18.4 Å². The van der Waals surface area contributed by atoms with Crippen LogP contribution >= 0.6 is 11.3 Å². The van der Waals surface area contributed by atoms with Gasteiger partial charge in [-0.15, -0.1) is 11.3 Å². The number of thiophene rings is 1. The van der Waals surface area contributed by atoms with Gasteiger partial charge in [-0.1, -0.05) is 6.92 Å². The Morgan fingerprint density at radius 1 is 1.19 bits per heavy atom. The maximum absolute atomic E-state index is 12.9. The van der Waals surface area contributed by atoms with E-state index in [4.69, 9.17) is 0 Å². The van der Waals surface area contributed by atoms with Crippen LogP contribution in [0.3, 0.4) is 0 Å². The second kappa shape index (κ2) is 7.02. The van der Waals surface area contributed by atoms with Crippen molar-refractivity contribution in [1.29, 1.82) is 0 Å². The van der Waals surface area contributed by atoms with Crippen molar-refractivity contribution in [2.24, 2.45) is 11.8 Å². The highest BCUT2D eigenvalue weighted by Gasteiger charge is 2.34. The van der Waals surface area contributed by atoms with E-state index in [0.717, 1.165) is 29.7 Å². The Kier molecular flexibility index (Phi) is 4.73. The molecule has 6 nitrogen and oxygen atoms in total. The van der Waals surface area contributed by atoms with E-state index in [1.165, 1.54) is 24.2 Å². The predicted molar refractivity (Wildman–Crippen MR) is 100 cm³/mol. The summed E-state index contributed by atoms with van der Waals surface area (Å²) in [5, 5.41) is 6.67. The average Bonchev–Trinajstić information content (AvgIpc) is 3.54. The fourth-order valence-electron chi connectivity index (χ4n) is 3.36. The molecule has 2 heterocycles. The van der Waals surface area contributed by atoms with E-state index in [0.29, 0.717) is 42.5 Å². The first-order chi connectivity index (χ1) is 12.6. The van der Waals surface area contributed by atoms with Crippen LogP contribution in [0.1, 0.15) is 59.8 Å². The van der Waals surface area contributed by atoms with Crippen molar-refractivity contribution in [1.82, 2.24) is 10.2 Å². The summed E-state index contributed by atoms with van der Waals surface area (Å²) in [6, 6.07) is 0. The molecule has 0 radical (unpaired) electrons. The van der Waals surface area contributed by atoms with Crippen molar-refractivity contribution < 1.29 is 14.4 Å². The molecule has 0 atom stereocenters. The largest absolute Gasteiger partial charge is 0.352 e. The summed E-state index contributed by atoms with van der Waals surface area (Å²) < 4.78 is 0. The summed E-state index contributed by atoms with van der Waals surface area (Å²) in [6.07, 6.45) is 5.41. The summed E-state index contributed by atoms with van der Waals surface area (Å²) in [5.41, 5.74) is 1.50. The first kappa shape index (κ1) is 17.5. The van der Waals surface area contributed by atoms with Crippen molar-refractivity contribution in [3.8, 4) is 0 Å². The van der Waals surface area contributed by atoms with E-state index >= 15 is 0 Å². The van der Waals surface area contributed by atoms with Crippen LogP contribution in [0.4, 0.5) is 5.00 Å². The van der Waals surface area contributed by atoms with Gasteiger partial charge in [-0.25, -0.2) is 0 Å². The van der Waals surface area contributed by atoms with E-state index in [9.17, 15) is 14.4 Å². The van der Waals surface area contributed by atoms with Crippen LogP contribution in [0, 0.1) is 11.8 Å². The lowest BCUT2D eigenvalue weighted by Gasteiger charge is -2.27. The molecule has 1 aromatic rings. The predicted octanol–water partition coefficient (Wildman–Crippen LogP) is 2.53. The number of nitrogens with zero attached hydrogens (tertiary/aromatic N) is 1. The number of nitrogens with one attached hydrogen (secondary N) is 2. The lowest BCUT2D eigenvalue weighted by Crippen LogP contribution is -2.36. The highest BCUT2D eigenvalue weighted by molar-refractivity contribution is 7.17. The van der Waals surface area contributed by atoms with Crippen molar-refractivity contribution in [2.45, 2.75) is 52.0 Å². The molecule has 3 aliphatic rings. The maximum atomic E-state index is 12.9. The minimum atomic E-state index is -0.119. The summed E-state index contributed by atoms with van der Waals surface area (Å²) in [6.45, 7) is 3.69. The molecule has 0 saturated heterocycles. The zero-order valence-corrected chi connectivity index (χ0v) is 15.9. The lowest BCUT2D eigenvalue weighted by molar-refractivity contribution is -0.131. The Balaban J connectivity index is 1.60. The number of amides is 3. The molecular formula is C19H25N3O3S. The van der Waals surface area contributed by atoms with Gasteiger partial charge >= 0.3 is 0 Å². The van der Waals surface area contributed by atoms with E-state index in [1.807, 2.05) is 11.8 Å². The van der Waals surface area contributed by atoms with E-state index < -0.39 is 0 Å². The van der Waals surface area contributed by atoms with Crippen LogP contribution in [-0.2, 0) is 22.6 Å². The van der Waals surface area contributed by atoms with Crippen LogP contribution in [-0.4, -0.2) is 35.7 Å². The molecule has 0 unspecified atom stereocenters. The van der Waals surface area contributed by atoms with Crippen molar-refractivity contribution in [3.05, 3.63) is 16.0 Å². The van der Waals surface area contributed by atoms with Crippen LogP contribution in [0.25, 0.3) is 0 Å². The zero-order valence-electron chi connectivity index (χ0n) is 15.1. The number of hydrogen-bond donors (Lipinski definition) is 2. The highest BCUT2D eigenvalue weighted by Crippen LogP contribution is 2.39. The fourth-order valence-corrected chi connectivity index (χ4v) is 4.56. The molecule has 0 bridgehead atoms. The minimum absolute atomic E-state index is 0.0151. The Bertz CT molecular complexity index is 749. The number of hydrogen-bond acceptors (Lipinski definition) is 4. The Labute approximate surface area is 157 Å².